The number of benzene rings is 2. The van der Waals surface area contributed by atoms with Crippen molar-refractivity contribution in [2.24, 2.45) is 0 Å². The Morgan fingerprint density at radius 2 is 1.81 bits per heavy atom. The van der Waals surface area contributed by atoms with Crippen LogP contribution in [0.2, 0.25) is 0 Å². The van der Waals surface area contributed by atoms with E-state index in [9.17, 15) is 9.59 Å². The smallest absolute Gasteiger partial charge is 0.373 e. The maximum atomic E-state index is 12.9. The van der Waals surface area contributed by atoms with Crippen molar-refractivity contribution < 1.29 is 18.7 Å². The van der Waals surface area contributed by atoms with Crippen LogP contribution in [0.25, 0.3) is 11.0 Å². The zero-order chi connectivity index (χ0) is 22.5. The van der Waals surface area contributed by atoms with E-state index in [-0.39, 0.29) is 17.7 Å². The third kappa shape index (κ3) is 4.42. The van der Waals surface area contributed by atoms with E-state index in [2.05, 4.69) is 12.2 Å². The minimum Gasteiger partial charge on any atom is -0.463 e. The van der Waals surface area contributed by atoms with Gasteiger partial charge in [0.1, 0.15) is 11.6 Å². The van der Waals surface area contributed by atoms with Gasteiger partial charge in [0.2, 0.25) is 5.76 Å². The molecule has 4 rings (SSSR count). The third-order valence-electron chi connectivity index (χ3n) is 5.28. The molecule has 0 spiro atoms. The first-order chi connectivity index (χ1) is 15.6. The molecular formula is C25H25N3O4. The summed E-state index contributed by atoms with van der Waals surface area (Å²) in [6.07, 6.45) is 1.60. The molecule has 2 heterocycles. The summed E-state index contributed by atoms with van der Waals surface area (Å²) in [6.45, 7) is 2.44. The highest BCUT2D eigenvalue weighted by Crippen LogP contribution is 2.26. The minimum absolute atomic E-state index is 0.145. The van der Waals surface area contributed by atoms with Gasteiger partial charge in [-0.3, -0.25) is 4.79 Å². The van der Waals surface area contributed by atoms with Gasteiger partial charge in [0, 0.05) is 5.56 Å². The Morgan fingerprint density at radius 1 is 1.06 bits per heavy atom. The highest BCUT2D eigenvalue weighted by atomic mass is 16.5. The number of rotatable bonds is 8. The van der Waals surface area contributed by atoms with Gasteiger partial charge in [-0.1, -0.05) is 43.7 Å². The quantitative estimate of drug-likeness (QED) is 0.408. The summed E-state index contributed by atoms with van der Waals surface area (Å²) < 4.78 is 12.5. The molecule has 7 heteroatoms. The number of nitrogens with one attached hydrogen (secondary N) is 1. The lowest BCUT2D eigenvalue weighted by molar-refractivity contribution is 0.0562. The first-order valence-electron chi connectivity index (χ1n) is 10.6. The summed E-state index contributed by atoms with van der Waals surface area (Å²) in [4.78, 5) is 29.5. The zero-order valence-electron chi connectivity index (χ0n) is 18.1. The predicted octanol–water partition coefficient (Wildman–Crippen LogP) is 4.74. The molecule has 0 fully saturated rings. The van der Waals surface area contributed by atoms with E-state index in [1.807, 2.05) is 47.0 Å². The van der Waals surface area contributed by atoms with E-state index < -0.39 is 5.97 Å². The van der Waals surface area contributed by atoms with E-state index >= 15 is 0 Å². The van der Waals surface area contributed by atoms with Gasteiger partial charge in [0.25, 0.3) is 5.91 Å². The molecule has 164 valence electrons. The van der Waals surface area contributed by atoms with Gasteiger partial charge in [-0.15, -0.1) is 0 Å². The van der Waals surface area contributed by atoms with Crippen molar-refractivity contribution in [3.8, 4) is 0 Å². The Hall–Kier alpha value is -3.87. The Balaban J connectivity index is 1.70. The fourth-order valence-electron chi connectivity index (χ4n) is 3.74. The molecule has 1 N–H and O–H groups in total. The van der Waals surface area contributed by atoms with E-state index in [0.29, 0.717) is 17.9 Å². The maximum absolute atomic E-state index is 12.9. The van der Waals surface area contributed by atoms with Crippen LogP contribution in [-0.4, -0.2) is 28.5 Å². The molecule has 4 aromatic rings. The van der Waals surface area contributed by atoms with Crippen molar-refractivity contribution in [1.29, 1.82) is 0 Å². The van der Waals surface area contributed by atoms with Crippen molar-refractivity contribution in [3.63, 3.8) is 0 Å². The number of hydrogen-bond donors (Lipinski definition) is 1. The van der Waals surface area contributed by atoms with Gasteiger partial charge in [0.05, 0.1) is 30.7 Å². The molecule has 0 aliphatic carbocycles. The van der Waals surface area contributed by atoms with Crippen molar-refractivity contribution in [2.45, 2.75) is 32.4 Å². The van der Waals surface area contributed by atoms with Crippen molar-refractivity contribution in [2.75, 3.05) is 7.11 Å². The second kappa shape index (κ2) is 9.51. The fourth-order valence-corrected chi connectivity index (χ4v) is 3.74. The molecular weight excluding hydrogens is 406 g/mol. The largest absolute Gasteiger partial charge is 0.463 e. The molecule has 0 aliphatic heterocycles. The fraction of sp³-hybridized carbons (Fsp3) is 0.240. The highest BCUT2D eigenvalue weighted by molar-refractivity contribution is 5.94. The van der Waals surface area contributed by atoms with E-state index in [4.69, 9.17) is 14.1 Å². The number of ether oxygens (including phenoxy) is 1. The second-order valence-electron chi connectivity index (χ2n) is 7.48. The monoisotopic (exact) mass is 431 g/mol. The number of methoxy groups -OCH3 is 1. The lowest BCUT2D eigenvalue weighted by Crippen LogP contribution is -2.30. The number of fused-ring (bicyclic) bond motifs is 1. The number of para-hydroxylation sites is 2. The molecule has 0 saturated heterocycles. The number of carbonyl (C=O) groups is 2. The minimum atomic E-state index is -0.522. The molecule has 0 bridgehead atoms. The van der Waals surface area contributed by atoms with E-state index in [1.165, 1.54) is 7.11 Å². The van der Waals surface area contributed by atoms with Gasteiger partial charge < -0.3 is 19.0 Å². The van der Waals surface area contributed by atoms with Crippen LogP contribution in [0.4, 0.5) is 0 Å². The van der Waals surface area contributed by atoms with Crippen LogP contribution in [0.15, 0.2) is 71.1 Å². The molecule has 2 aromatic carbocycles. The summed E-state index contributed by atoms with van der Waals surface area (Å²) in [5, 5.41) is 3.14. The number of aromatic nitrogens is 2. The summed E-state index contributed by atoms with van der Waals surface area (Å²) in [7, 11) is 1.32. The van der Waals surface area contributed by atoms with Crippen LogP contribution in [-0.2, 0) is 11.3 Å². The molecule has 1 atom stereocenters. The van der Waals surface area contributed by atoms with Crippen molar-refractivity contribution in [3.05, 3.63) is 89.6 Å². The Morgan fingerprint density at radius 3 is 2.56 bits per heavy atom. The van der Waals surface area contributed by atoms with Crippen molar-refractivity contribution >= 4 is 22.9 Å². The molecule has 7 nitrogen and oxygen atoms in total. The summed E-state index contributed by atoms with van der Waals surface area (Å²) in [5.41, 5.74) is 2.36. The van der Waals surface area contributed by atoms with Gasteiger partial charge >= 0.3 is 5.97 Å². The summed E-state index contributed by atoms with van der Waals surface area (Å²) >= 11 is 0. The topological polar surface area (TPSA) is 86.4 Å². The maximum Gasteiger partial charge on any atom is 0.373 e. The van der Waals surface area contributed by atoms with Crippen LogP contribution in [0.5, 0.6) is 0 Å². The Bertz CT molecular complexity index is 1230. The van der Waals surface area contributed by atoms with E-state index in [1.54, 1.807) is 24.3 Å². The SMILES string of the molecule is CCC[C@H](NC(=O)c1ccccc1)c1nc2ccccc2n1Cc1ccc(C(=O)OC)o1. The average molecular weight is 431 g/mol. The van der Waals surface area contributed by atoms with Crippen LogP contribution < -0.4 is 5.32 Å². The molecule has 0 saturated carbocycles. The first-order valence-corrected chi connectivity index (χ1v) is 10.6. The average Bonchev–Trinajstić information content (AvgIpc) is 3.44. The molecule has 2 aromatic heterocycles. The summed E-state index contributed by atoms with van der Waals surface area (Å²) in [6, 6.07) is 20.0. The van der Waals surface area contributed by atoms with Gasteiger partial charge in [-0.2, -0.15) is 0 Å². The van der Waals surface area contributed by atoms with Gasteiger partial charge in [-0.25, -0.2) is 9.78 Å². The highest BCUT2D eigenvalue weighted by Gasteiger charge is 2.23. The van der Waals surface area contributed by atoms with Crippen LogP contribution in [0.1, 0.15) is 58.3 Å². The Labute approximate surface area is 186 Å². The predicted molar refractivity (Wildman–Crippen MR) is 120 cm³/mol. The van der Waals surface area contributed by atoms with Crippen LogP contribution in [0.3, 0.4) is 0 Å². The normalized spacial score (nSPS) is 11.9. The number of carbonyl (C=O) groups excluding carboxylic acids is 2. The number of amides is 1. The molecule has 32 heavy (non-hydrogen) atoms. The lowest BCUT2D eigenvalue weighted by atomic mass is 10.1. The molecule has 0 radical (unpaired) electrons. The van der Waals surface area contributed by atoms with Gasteiger partial charge in [0.15, 0.2) is 0 Å². The summed E-state index contributed by atoms with van der Waals surface area (Å²) in [5.74, 6) is 0.823. The lowest BCUT2D eigenvalue weighted by Gasteiger charge is -2.19. The van der Waals surface area contributed by atoms with Gasteiger partial charge in [-0.05, 0) is 42.8 Å². The number of esters is 1. The van der Waals surface area contributed by atoms with Crippen LogP contribution in [0, 0.1) is 0 Å². The molecule has 0 aliphatic rings. The van der Waals surface area contributed by atoms with Crippen LogP contribution >= 0.6 is 0 Å². The number of nitrogens with zero attached hydrogens (tertiary/aromatic N) is 2. The first kappa shape index (κ1) is 21.4. The van der Waals surface area contributed by atoms with E-state index in [0.717, 1.165) is 29.7 Å². The number of furan rings is 1. The number of hydrogen-bond acceptors (Lipinski definition) is 5. The van der Waals surface area contributed by atoms with Crippen molar-refractivity contribution in [1.82, 2.24) is 14.9 Å². The Kier molecular flexibility index (Phi) is 6.35. The third-order valence-corrected chi connectivity index (χ3v) is 5.28. The standard InChI is InChI=1S/C25H25N3O4/c1-3-9-20(27-24(29)17-10-5-4-6-11-17)23-26-19-12-7-8-13-21(19)28(23)16-18-14-15-22(32-18)25(30)31-2/h4-8,10-15,20H,3,9,16H2,1-2H3,(H,27,29)/t20-/m0/s1. The second-order valence-corrected chi connectivity index (χ2v) is 7.48. The molecule has 0 unspecified atom stereocenters. The molecule has 1 amide bonds. The zero-order valence-corrected chi connectivity index (χ0v) is 18.1. The number of imidazole rings is 1.